The number of rotatable bonds is 3. The highest BCUT2D eigenvalue weighted by molar-refractivity contribution is 5.90. The van der Waals surface area contributed by atoms with Gasteiger partial charge in [0.25, 0.3) is 0 Å². The first kappa shape index (κ1) is 16.0. The third-order valence-corrected chi connectivity index (χ3v) is 3.86. The van der Waals surface area contributed by atoms with Crippen molar-refractivity contribution < 1.29 is 14.3 Å². The number of pyridine rings is 1. The first-order valence-corrected chi connectivity index (χ1v) is 7.70. The highest BCUT2D eigenvalue weighted by Gasteiger charge is 2.27. The first-order valence-electron chi connectivity index (χ1n) is 7.70. The van der Waals surface area contributed by atoms with Gasteiger partial charge in [0.05, 0.1) is 6.10 Å². The van der Waals surface area contributed by atoms with Gasteiger partial charge in [-0.1, -0.05) is 30.2 Å². The van der Waals surface area contributed by atoms with Crippen LogP contribution in [0, 0.1) is 18.8 Å². The Morgan fingerprint density at radius 2 is 2.00 bits per heavy atom. The van der Waals surface area contributed by atoms with Gasteiger partial charge in [-0.3, -0.25) is 0 Å². The Bertz CT molecular complexity index is 801. The quantitative estimate of drug-likeness (QED) is 0.640. The summed E-state index contributed by atoms with van der Waals surface area (Å²) in [4.78, 5) is 18.3. The Hall–Kier alpha value is -2.84. The van der Waals surface area contributed by atoms with E-state index in [1.807, 2.05) is 37.3 Å². The topological polar surface area (TPSA) is 51.7 Å². The third-order valence-electron chi connectivity index (χ3n) is 3.86. The zero-order chi connectivity index (χ0) is 16.9. The van der Waals surface area contributed by atoms with Gasteiger partial charge >= 0.3 is 5.97 Å². The van der Waals surface area contributed by atoms with Crippen LogP contribution in [0.15, 0.2) is 42.5 Å². The molecule has 24 heavy (non-hydrogen) atoms. The summed E-state index contributed by atoms with van der Waals surface area (Å²) in [6.45, 7) is 3.52. The summed E-state index contributed by atoms with van der Waals surface area (Å²) in [5, 5.41) is 0. The van der Waals surface area contributed by atoms with E-state index in [1.165, 1.54) is 0 Å². The molecule has 2 heterocycles. The highest BCUT2D eigenvalue weighted by Crippen LogP contribution is 2.22. The molecule has 0 bridgehead atoms. The van der Waals surface area contributed by atoms with Crippen LogP contribution in [0.4, 0.5) is 5.82 Å². The normalized spacial score (nSPS) is 13.7. The molecule has 0 radical (unpaired) electrons. The first-order chi connectivity index (χ1) is 11.7. The van der Waals surface area contributed by atoms with E-state index < -0.39 is 5.97 Å². The lowest BCUT2D eigenvalue weighted by Crippen LogP contribution is -2.52. The number of benzene rings is 1. The fourth-order valence-corrected chi connectivity index (χ4v) is 2.36. The Labute approximate surface area is 141 Å². The van der Waals surface area contributed by atoms with Crippen molar-refractivity contribution in [1.29, 1.82) is 0 Å². The lowest BCUT2D eigenvalue weighted by Gasteiger charge is -2.38. The van der Waals surface area contributed by atoms with Crippen LogP contribution in [0.2, 0.25) is 0 Å². The number of aryl methyl sites for hydroxylation is 1. The standard InChI is InChI=1S/C19H18N2O3/c1-14-6-3-4-7-15(14)10-11-19(22)24-18-9-5-8-17(20-18)21-12-16(13-21)23-2/h3-9,16H,12-13H2,1-2H3. The molecule has 0 spiro atoms. The summed E-state index contributed by atoms with van der Waals surface area (Å²) in [6, 6.07) is 12.9. The Balaban J connectivity index is 1.64. The number of aromatic nitrogens is 1. The minimum atomic E-state index is -0.624. The zero-order valence-corrected chi connectivity index (χ0v) is 13.7. The van der Waals surface area contributed by atoms with Gasteiger partial charge in [-0.2, -0.15) is 4.98 Å². The van der Waals surface area contributed by atoms with E-state index in [4.69, 9.17) is 9.47 Å². The van der Waals surface area contributed by atoms with E-state index in [2.05, 4.69) is 21.7 Å². The van der Waals surface area contributed by atoms with Crippen molar-refractivity contribution >= 4 is 11.8 Å². The summed E-state index contributed by atoms with van der Waals surface area (Å²) < 4.78 is 10.5. The van der Waals surface area contributed by atoms with Crippen molar-refractivity contribution in [2.24, 2.45) is 0 Å². The molecule has 1 saturated heterocycles. The number of anilines is 1. The van der Waals surface area contributed by atoms with Crippen molar-refractivity contribution in [2.45, 2.75) is 13.0 Å². The van der Waals surface area contributed by atoms with E-state index in [9.17, 15) is 4.79 Å². The van der Waals surface area contributed by atoms with Gasteiger partial charge in [-0.25, -0.2) is 4.79 Å². The predicted octanol–water partition coefficient (Wildman–Crippen LogP) is 2.18. The van der Waals surface area contributed by atoms with Crippen LogP contribution in [-0.2, 0) is 9.53 Å². The molecule has 1 aromatic heterocycles. The van der Waals surface area contributed by atoms with Crippen LogP contribution >= 0.6 is 0 Å². The van der Waals surface area contributed by atoms with Gasteiger partial charge in [0, 0.05) is 37.7 Å². The number of esters is 1. The van der Waals surface area contributed by atoms with Gasteiger partial charge in [-0.15, -0.1) is 0 Å². The maximum Gasteiger partial charge on any atom is 0.391 e. The molecule has 0 unspecified atom stereocenters. The second-order valence-electron chi connectivity index (χ2n) is 5.55. The van der Waals surface area contributed by atoms with Crippen molar-refractivity contribution in [3.8, 4) is 17.7 Å². The average molecular weight is 322 g/mol. The van der Waals surface area contributed by atoms with Crippen LogP contribution < -0.4 is 9.64 Å². The molecule has 1 aliphatic heterocycles. The molecule has 3 rings (SSSR count). The molecule has 0 saturated carbocycles. The van der Waals surface area contributed by atoms with Crippen LogP contribution in [0.25, 0.3) is 0 Å². The van der Waals surface area contributed by atoms with E-state index in [1.54, 1.807) is 19.2 Å². The van der Waals surface area contributed by atoms with Crippen LogP contribution in [0.3, 0.4) is 0 Å². The fourth-order valence-electron chi connectivity index (χ4n) is 2.36. The summed E-state index contributed by atoms with van der Waals surface area (Å²) >= 11 is 0. The monoisotopic (exact) mass is 322 g/mol. The number of methoxy groups -OCH3 is 1. The number of nitrogens with zero attached hydrogens (tertiary/aromatic N) is 2. The lowest BCUT2D eigenvalue weighted by atomic mass is 10.1. The smallest absolute Gasteiger partial charge is 0.391 e. The van der Waals surface area contributed by atoms with Crippen molar-refractivity contribution in [3.05, 3.63) is 53.6 Å². The minimum absolute atomic E-state index is 0.234. The van der Waals surface area contributed by atoms with E-state index in [0.29, 0.717) is 0 Å². The summed E-state index contributed by atoms with van der Waals surface area (Å²) in [5.41, 5.74) is 1.82. The number of carbonyl (C=O) groups excluding carboxylic acids is 1. The summed E-state index contributed by atoms with van der Waals surface area (Å²) in [7, 11) is 1.70. The molecular weight excluding hydrogens is 304 g/mol. The third kappa shape index (κ3) is 3.73. The maximum atomic E-state index is 11.9. The fraction of sp³-hybridized carbons (Fsp3) is 0.263. The van der Waals surface area contributed by atoms with Crippen LogP contribution in [0.1, 0.15) is 11.1 Å². The molecule has 2 aromatic rings. The molecule has 1 aliphatic rings. The molecule has 0 atom stereocenters. The summed E-state index contributed by atoms with van der Waals surface area (Å²) in [5.74, 6) is 5.71. The molecular formula is C19H18N2O3. The Kier molecular flexibility index (Phi) is 4.78. The van der Waals surface area contributed by atoms with Gasteiger partial charge in [0.15, 0.2) is 0 Å². The van der Waals surface area contributed by atoms with Gasteiger partial charge in [-0.05, 0) is 24.6 Å². The Morgan fingerprint density at radius 3 is 2.75 bits per heavy atom. The molecule has 1 fully saturated rings. The maximum absolute atomic E-state index is 11.9. The summed E-state index contributed by atoms with van der Waals surface area (Å²) in [6.07, 6.45) is 0.234. The molecule has 0 amide bonds. The van der Waals surface area contributed by atoms with E-state index >= 15 is 0 Å². The average Bonchev–Trinajstić information content (AvgIpc) is 2.53. The van der Waals surface area contributed by atoms with Crippen LogP contribution in [0.5, 0.6) is 5.88 Å². The zero-order valence-electron chi connectivity index (χ0n) is 13.7. The van der Waals surface area contributed by atoms with Crippen molar-refractivity contribution in [1.82, 2.24) is 4.98 Å². The van der Waals surface area contributed by atoms with Crippen molar-refractivity contribution in [3.63, 3.8) is 0 Å². The predicted molar refractivity (Wildman–Crippen MR) is 90.9 cm³/mol. The largest absolute Gasteiger partial charge is 0.398 e. The number of hydrogen-bond acceptors (Lipinski definition) is 5. The number of ether oxygens (including phenoxy) is 2. The molecule has 122 valence electrons. The van der Waals surface area contributed by atoms with Crippen LogP contribution in [-0.4, -0.2) is 37.3 Å². The SMILES string of the molecule is COC1CN(c2cccc(OC(=O)C#Cc3ccccc3C)n2)C1. The van der Waals surface area contributed by atoms with Gasteiger partial charge < -0.3 is 14.4 Å². The van der Waals surface area contributed by atoms with Crippen molar-refractivity contribution in [2.75, 3.05) is 25.1 Å². The van der Waals surface area contributed by atoms with E-state index in [-0.39, 0.29) is 12.0 Å². The molecule has 1 aromatic carbocycles. The Morgan fingerprint density at radius 1 is 1.21 bits per heavy atom. The molecule has 5 heteroatoms. The van der Waals surface area contributed by atoms with E-state index in [0.717, 1.165) is 30.0 Å². The minimum Gasteiger partial charge on any atom is -0.398 e. The lowest BCUT2D eigenvalue weighted by molar-refractivity contribution is -0.128. The molecule has 0 aliphatic carbocycles. The molecule has 5 nitrogen and oxygen atoms in total. The van der Waals surface area contributed by atoms with Gasteiger partial charge in [0.2, 0.25) is 5.88 Å². The number of hydrogen-bond donors (Lipinski definition) is 0. The molecule has 0 N–H and O–H groups in total. The highest BCUT2D eigenvalue weighted by atomic mass is 16.5. The second-order valence-corrected chi connectivity index (χ2v) is 5.55. The second kappa shape index (κ2) is 7.16. The van der Waals surface area contributed by atoms with Gasteiger partial charge in [0.1, 0.15) is 5.82 Å². The number of carbonyl (C=O) groups is 1.